The number of imide groups is 1. The first kappa shape index (κ1) is 16.3. The Balaban J connectivity index is 1.60. The number of carbonyl (C=O) groups is 3. The van der Waals surface area contributed by atoms with E-state index in [1.165, 1.54) is 0 Å². The van der Waals surface area contributed by atoms with Gasteiger partial charge in [0.05, 0.1) is 23.7 Å². The van der Waals surface area contributed by atoms with Gasteiger partial charge in [0.1, 0.15) is 5.75 Å². The Hall–Kier alpha value is -3.15. The van der Waals surface area contributed by atoms with E-state index in [1.54, 1.807) is 31.4 Å². The minimum absolute atomic E-state index is 0.243. The molecule has 0 bridgehead atoms. The number of fused-ring (bicyclic) bond motifs is 1. The van der Waals surface area contributed by atoms with E-state index in [1.807, 2.05) is 25.1 Å². The van der Waals surface area contributed by atoms with Crippen molar-refractivity contribution in [1.29, 1.82) is 0 Å². The molecule has 1 aliphatic carbocycles. The average Bonchev–Trinajstić information content (AvgIpc) is 3.43. The van der Waals surface area contributed by atoms with Crippen molar-refractivity contribution >= 4 is 17.8 Å². The van der Waals surface area contributed by atoms with Crippen LogP contribution in [0.5, 0.6) is 5.75 Å². The van der Waals surface area contributed by atoms with Crippen LogP contribution in [0.4, 0.5) is 0 Å². The first-order valence-electron chi connectivity index (χ1n) is 8.33. The van der Waals surface area contributed by atoms with Gasteiger partial charge in [-0.3, -0.25) is 9.59 Å². The first-order chi connectivity index (χ1) is 12.5. The summed E-state index contributed by atoms with van der Waals surface area (Å²) in [6.07, 6.45) is 1.20. The standard InChI is InChI=1S/C20H17NO5/c1-12-7-8-13(11-16(12)25-2)20(9-10-20)19(24)26-21-17(22)14-5-3-4-6-15(14)18(21)23/h3-8,11H,9-10H2,1-2H3. The van der Waals surface area contributed by atoms with Gasteiger partial charge in [0.2, 0.25) is 0 Å². The van der Waals surface area contributed by atoms with E-state index in [4.69, 9.17) is 9.57 Å². The zero-order valence-corrected chi connectivity index (χ0v) is 14.4. The number of hydrogen-bond acceptors (Lipinski definition) is 5. The first-order valence-corrected chi connectivity index (χ1v) is 8.33. The van der Waals surface area contributed by atoms with Crippen LogP contribution in [0.3, 0.4) is 0 Å². The summed E-state index contributed by atoms with van der Waals surface area (Å²) >= 11 is 0. The van der Waals surface area contributed by atoms with Crippen LogP contribution in [0.1, 0.15) is 44.7 Å². The highest BCUT2D eigenvalue weighted by Crippen LogP contribution is 2.50. The Morgan fingerprint density at radius 3 is 2.19 bits per heavy atom. The van der Waals surface area contributed by atoms with E-state index in [9.17, 15) is 14.4 Å². The zero-order chi connectivity index (χ0) is 18.5. The number of aryl methyl sites for hydroxylation is 1. The maximum atomic E-state index is 12.8. The maximum absolute atomic E-state index is 12.8. The monoisotopic (exact) mass is 351 g/mol. The fourth-order valence-electron chi connectivity index (χ4n) is 3.27. The van der Waals surface area contributed by atoms with Gasteiger partial charge in [-0.15, -0.1) is 0 Å². The smallest absolute Gasteiger partial charge is 0.343 e. The van der Waals surface area contributed by atoms with Crippen LogP contribution in [0.25, 0.3) is 0 Å². The van der Waals surface area contributed by atoms with Crippen molar-refractivity contribution in [2.45, 2.75) is 25.2 Å². The molecule has 132 valence electrons. The van der Waals surface area contributed by atoms with Crippen LogP contribution >= 0.6 is 0 Å². The topological polar surface area (TPSA) is 72.9 Å². The number of hydrogen-bond donors (Lipinski definition) is 0. The Labute approximate surface area is 150 Å². The molecular weight excluding hydrogens is 334 g/mol. The van der Waals surface area contributed by atoms with Crippen LogP contribution in [-0.2, 0) is 15.0 Å². The van der Waals surface area contributed by atoms with Gasteiger partial charge in [-0.1, -0.05) is 29.3 Å². The van der Waals surface area contributed by atoms with Gasteiger partial charge in [-0.25, -0.2) is 4.79 Å². The molecule has 26 heavy (non-hydrogen) atoms. The summed E-state index contributed by atoms with van der Waals surface area (Å²) in [6.45, 7) is 1.92. The molecule has 0 radical (unpaired) electrons. The molecule has 0 N–H and O–H groups in total. The highest BCUT2D eigenvalue weighted by Gasteiger charge is 2.55. The summed E-state index contributed by atoms with van der Waals surface area (Å²) in [5.41, 5.74) is 1.37. The quantitative estimate of drug-likeness (QED) is 0.792. The van der Waals surface area contributed by atoms with E-state index in [2.05, 4.69) is 0 Å². The van der Waals surface area contributed by atoms with E-state index in [0.717, 1.165) is 11.1 Å². The summed E-state index contributed by atoms with van der Waals surface area (Å²) in [4.78, 5) is 42.8. The van der Waals surface area contributed by atoms with Gasteiger partial charge in [-0.2, -0.15) is 0 Å². The average molecular weight is 351 g/mol. The highest BCUT2D eigenvalue weighted by atomic mass is 16.7. The van der Waals surface area contributed by atoms with E-state index < -0.39 is 23.2 Å². The van der Waals surface area contributed by atoms with Gasteiger partial charge >= 0.3 is 5.97 Å². The van der Waals surface area contributed by atoms with Crippen molar-refractivity contribution in [2.75, 3.05) is 7.11 Å². The fourth-order valence-corrected chi connectivity index (χ4v) is 3.27. The fraction of sp³-hybridized carbons (Fsp3) is 0.250. The molecule has 0 aromatic heterocycles. The van der Waals surface area contributed by atoms with Crippen LogP contribution in [-0.4, -0.2) is 30.0 Å². The summed E-state index contributed by atoms with van der Waals surface area (Å²) < 4.78 is 5.33. The summed E-state index contributed by atoms with van der Waals surface area (Å²) in [6, 6.07) is 12.0. The number of carbonyl (C=O) groups excluding carboxylic acids is 3. The second kappa shape index (κ2) is 5.69. The molecule has 2 aromatic rings. The number of methoxy groups -OCH3 is 1. The van der Waals surface area contributed by atoms with Crippen molar-refractivity contribution in [3.63, 3.8) is 0 Å². The van der Waals surface area contributed by atoms with Crippen LogP contribution in [0.2, 0.25) is 0 Å². The number of ether oxygens (including phenoxy) is 1. The molecule has 0 saturated heterocycles. The largest absolute Gasteiger partial charge is 0.496 e. The lowest BCUT2D eigenvalue weighted by Gasteiger charge is -2.19. The number of amides is 2. The summed E-state index contributed by atoms with van der Waals surface area (Å²) in [7, 11) is 1.57. The number of nitrogens with zero attached hydrogens (tertiary/aromatic N) is 1. The van der Waals surface area contributed by atoms with Gasteiger partial charge in [0, 0.05) is 0 Å². The molecule has 4 rings (SSSR count). The molecule has 1 saturated carbocycles. The minimum Gasteiger partial charge on any atom is -0.496 e. The summed E-state index contributed by atoms with van der Waals surface area (Å²) in [5.74, 6) is -1.15. The molecule has 0 spiro atoms. The lowest BCUT2D eigenvalue weighted by atomic mass is 9.95. The molecule has 2 aliphatic rings. The number of hydroxylamine groups is 2. The third kappa shape index (κ3) is 2.29. The normalized spacial score (nSPS) is 17.1. The van der Waals surface area contributed by atoms with E-state index >= 15 is 0 Å². The van der Waals surface area contributed by atoms with Crippen LogP contribution in [0, 0.1) is 6.92 Å². The SMILES string of the molecule is COc1cc(C2(C(=O)ON3C(=O)c4ccccc4C3=O)CC2)ccc1C. The Kier molecular flexibility index (Phi) is 3.57. The molecular formula is C20H17NO5. The third-order valence-electron chi connectivity index (χ3n) is 5.03. The molecule has 0 atom stereocenters. The zero-order valence-electron chi connectivity index (χ0n) is 14.4. The highest BCUT2D eigenvalue weighted by molar-refractivity contribution is 6.21. The minimum atomic E-state index is -0.837. The molecule has 1 heterocycles. The molecule has 0 unspecified atom stereocenters. The molecule has 1 aliphatic heterocycles. The lowest BCUT2D eigenvalue weighted by molar-refractivity contribution is -0.171. The van der Waals surface area contributed by atoms with Crippen LogP contribution < -0.4 is 4.74 Å². The summed E-state index contributed by atoms with van der Waals surface area (Å²) in [5, 5.41) is 0.568. The van der Waals surface area contributed by atoms with Crippen molar-refractivity contribution < 1.29 is 24.0 Å². The Bertz CT molecular complexity index is 910. The van der Waals surface area contributed by atoms with Crippen molar-refractivity contribution in [3.8, 4) is 5.75 Å². The third-order valence-corrected chi connectivity index (χ3v) is 5.03. The molecule has 6 heteroatoms. The molecule has 2 amide bonds. The number of rotatable bonds is 4. The number of benzene rings is 2. The molecule has 6 nitrogen and oxygen atoms in total. The predicted octanol–water partition coefficient (Wildman–Crippen LogP) is 2.79. The molecule has 1 fully saturated rings. The van der Waals surface area contributed by atoms with Gasteiger partial charge in [0.25, 0.3) is 11.8 Å². The second-order valence-corrected chi connectivity index (χ2v) is 6.60. The van der Waals surface area contributed by atoms with Crippen molar-refractivity contribution in [3.05, 3.63) is 64.7 Å². The van der Waals surface area contributed by atoms with Gasteiger partial charge in [0.15, 0.2) is 0 Å². The van der Waals surface area contributed by atoms with Crippen molar-refractivity contribution in [1.82, 2.24) is 5.06 Å². The maximum Gasteiger partial charge on any atom is 0.343 e. The van der Waals surface area contributed by atoms with Crippen molar-refractivity contribution in [2.24, 2.45) is 0 Å². The van der Waals surface area contributed by atoms with E-state index in [0.29, 0.717) is 23.7 Å². The predicted molar refractivity (Wildman–Crippen MR) is 91.7 cm³/mol. The van der Waals surface area contributed by atoms with Crippen LogP contribution in [0.15, 0.2) is 42.5 Å². The van der Waals surface area contributed by atoms with E-state index in [-0.39, 0.29) is 11.1 Å². The molecule has 2 aromatic carbocycles. The Morgan fingerprint density at radius 2 is 1.65 bits per heavy atom. The second-order valence-electron chi connectivity index (χ2n) is 6.60. The van der Waals surface area contributed by atoms with Gasteiger partial charge in [-0.05, 0) is 49.1 Å². The Morgan fingerprint density at radius 1 is 1.04 bits per heavy atom. The lowest BCUT2D eigenvalue weighted by Crippen LogP contribution is -2.37. The van der Waals surface area contributed by atoms with Gasteiger partial charge < -0.3 is 9.57 Å².